The van der Waals surface area contributed by atoms with E-state index in [9.17, 15) is 40.4 Å². The first-order valence-electron chi connectivity index (χ1n) is 15.1. The van der Waals surface area contributed by atoms with Gasteiger partial charge in [0.25, 0.3) is 17.1 Å². The van der Waals surface area contributed by atoms with Gasteiger partial charge in [-0.25, -0.2) is 0 Å². The second-order valence-corrected chi connectivity index (χ2v) is 10.8. The number of hydrogen-bond donors (Lipinski definition) is 4. The zero-order valence-electron chi connectivity index (χ0n) is 31.7. The Morgan fingerprint density at radius 1 is 0.741 bits per heavy atom. The maximum atomic E-state index is 11.3. The summed E-state index contributed by atoms with van der Waals surface area (Å²) >= 11 is 0. The normalized spacial score (nSPS) is 9.85. The average Bonchev–Trinajstić information content (AvgIpc) is 3.70. The summed E-state index contributed by atoms with van der Waals surface area (Å²) in [6.45, 7) is 6.10. The first-order valence-corrected chi connectivity index (χ1v) is 15.1. The van der Waals surface area contributed by atoms with Gasteiger partial charge < -0.3 is 33.8 Å². The Morgan fingerprint density at radius 2 is 1.17 bits per heavy atom. The number of fused-ring (bicyclic) bond motifs is 3. The Hall–Kier alpha value is -5.98. The number of aromatic nitrogens is 3. The Kier molecular flexibility index (Phi) is 15.3. The van der Waals surface area contributed by atoms with E-state index in [1.165, 1.54) is 55.5 Å². The molecule has 0 radical (unpaired) electrons. The quantitative estimate of drug-likeness (QED) is 0.101. The molecule has 0 saturated heterocycles. The molecule has 0 fully saturated rings. The summed E-state index contributed by atoms with van der Waals surface area (Å²) in [5.41, 5.74) is 14.0. The van der Waals surface area contributed by atoms with Gasteiger partial charge in [0.15, 0.2) is 0 Å². The SMILES string of the molecule is CCn1c(N)c(C#N)c2ccc([N+](=O)[O-])cc21.CCn1c(NC(C)=O)c(C#N)c2ccc([N+](=O)[O-])cc21.N#Cc1c(N)[nH]c2cc([N+](=O)[O-])ccc12.[H-].[H-].[Na+].[Na+]. The summed E-state index contributed by atoms with van der Waals surface area (Å²) in [5, 5.41) is 63.6. The molecule has 6 rings (SSSR count). The summed E-state index contributed by atoms with van der Waals surface area (Å²) in [7, 11) is 0. The van der Waals surface area contributed by atoms with Gasteiger partial charge in [-0.15, -0.1) is 0 Å². The number of nitriles is 3. The molecule has 0 atom stereocenters. The number of anilines is 3. The zero-order chi connectivity index (χ0) is 38.4. The maximum absolute atomic E-state index is 11.3. The third-order valence-electron chi connectivity index (χ3n) is 7.84. The number of nitrogens with two attached hydrogens (primary N) is 2. The number of nitro groups is 3. The molecule has 266 valence electrons. The third-order valence-corrected chi connectivity index (χ3v) is 7.84. The number of aromatic amines is 1. The number of non-ortho nitro benzene ring substituents is 3. The summed E-state index contributed by atoms with van der Waals surface area (Å²) in [4.78, 5) is 44.6. The number of carbonyl (C=O) groups excluding carboxylic acids is 1. The summed E-state index contributed by atoms with van der Waals surface area (Å²) in [6.07, 6.45) is 0. The topological polar surface area (TPSA) is 308 Å². The molecule has 0 aliphatic carbocycles. The van der Waals surface area contributed by atoms with Crippen LogP contribution in [0.1, 0.15) is 40.3 Å². The largest absolute Gasteiger partial charge is 1.00 e. The molecule has 3 heterocycles. The van der Waals surface area contributed by atoms with Crippen LogP contribution in [-0.4, -0.2) is 34.8 Å². The van der Waals surface area contributed by atoms with E-state index in [4.69, 9.17) is 22.0 Å². The molecule has 0 spiro atoms. The van der Waals surface area contributed by atoms with Crippen LogP contribution in [0.4, 0.5) is 34.5 Å². The smallest absolute Gasteiger partial charge is 1.00 e. The van der Waals surface area contributed by atoms with E-state index in [2.05, 4.69) is 10.3 Å². The molecule has 6 aromatic rings. The summed E-state index contributed by atoms with van der Waals surface area (Å²) in [5.74, 6) is 0.657. The molecule has 1 amide bonds. The molecule has 0 aliphatic rings. The number of H-pyrrole nitrogens is 1. The van der Waals surface area contributed by atoms with Gasteiger partial charge in [-0.1, -0.05) is 0 Å². The van der Waals surface area contributed by atoms with E-state index in [1.807, 2.05) is 32.1 Å². The molecule has 0 bridgehead atoms. The fourth-order valence-electron chi connectivity index (χ4n) is 5.56. The minimum absolute atomic E-state index is 0. The van der Waals surface area contributed by atoms with E-state index < -0.39 is 14.8 Å². The van der Waals surface area contributed by atoms with Gasteiger partial charge in [-0.2, -0.15) is 15.8 Å². The van der Waals surface area contributed by atoms with Gasteiger partial charge in [-0.05, 0) is 32.0 Å². The van der Waals surface area contributed by atoms with E-state index in [0.29, 0.717) is 74.1 Å². The number of nitro benzene ring substituents is 3. The van der Waals surface area contributed by atoms with Crippen LogP contribution in [-0.2, 0) is 17.9 Å². The fraction of sp³-hybridized carbons (Fsp3) is 0.152. The molecule has 0 saturated carbocycles. The third kappa shape index (κ3) is 8.79. The van der Waals surface area contributed by atoms with Gasteiger partial charge in [-0.3, -0.25) is 35.1 Å². The molecule has 0 aliphatic heterocycles. The molecule has 3 aromatic heterocycles. The van der Waals surface area contributed by atoms with Gasteiger partial charge in [0.05, 0.1) is 31.3 Å². The van der Waals surface area contributed by atoms with Gasteiger partial charge in [0.2, 0.25) is 5.91 Å². The second kappa shape index (κ2) is 18.7. The predicted molar refractivity (Wildman–Crippen MR) is 193 cm³/mol. The van der Waals surface area contributed by atoms with Crippen LogP contribution in [0.3, 0.4) is 0 Å². The second-order valence-electron chi connectivity index (χ2n) is 10.8. The van der Waals surface area contributed by atoms with Crippen molar-refractivity contribution in [2.75, 3.05) is 16.8 Å². The van der Waals surface area contributed by atoms with Crippen LogP contribution in [0.25, 0.3) is 32.7 Å². The Balaban J connectivity index is 0.000000789. The number of nitrogens with zero attached hydrogens (tertiary/aromatic N) is 8. The van der Waals surface area contributed by atoms with Crippen LogP contribution in [0.2, 0.25) is 0 Å². The number of rotatable bonds is 6. The molecule has 6 N–H and O–H groups in total. The zero-order valence-corrected chi connectivity index (χ0v) is 33.7. The summed E-state index contributed by atoms with van der Waals surface area (Å²) < 4.78 is 3.38. The number of nitrogens with one attached hydrogen (secondary N) is 2. The van der Waals surface area contributed by atoms with Crippen LogP contribution in [0, 0.1) is 64.3 Å². The van der Waals surface area contributed by atoms with E-state index in [-0.39, 0.29) is 90.8 Å². The van der Waals surface area contributed by atoms with Crippen LogP contribution >= 0.6 is 0 Å². The molecule has 19 nitrogen and oxygen atoms in total. The van der Waals surface area contributed by atoms with E-state index >= 15 is 0 Å². The van der Waals surface area contributed by atoms with Gasteiger partial charge in [0, 0.05) is 72.6 Å². The number of aryl methyl sites for hydroxylation is 2. The van der Waals surface area contributed by atoms with Crippen LogP contribution < -0.4 is 75.9 Å². The van der Waals surface area contributed by atoms with E-state index in [1.54, 1.807) is 15.2 Å². The molecule has 3 aromatic carbocycles. The Labute approximate surface area is 352 Å². The van der Waals surface area contributed by atoms with Crippen molar-refractivity contribution in [3.8, 4) is 18.2 Å². The van der Waals surface area contributed by atoms with Crippen molar-refractivity contribution in [2.45, 2.75) is 33.9 Å². The minimum Gasteiger partial charge on any atom is -1.00 e. The van der Waals surface area contributed by atoms with Crippen LogP contribution in [0.5, 0.6) is 0 Å². The number of benzene rings is 3. The monoisotopic (exact) mass is 752 g/mol. The fourth-order valence-corrected chi connectivity index (χ4v) is 5.56. The Bertz CT molecular complexity index is 2590. The van der Waals surface area contributed by atoms with Crippen molar-refractivity contribution >= 4 is 73.1 Å². The van der Waals surface area contributed by atoms with Gasteiger partial charge in [0.1, 0.15) is 52.4 Å². The predicted octanol–water partition coefficient (Wildman–Crippen LogP) is 0.186. The molecule has 21 heteroatoms. The molecule has 54 heavy (non-hydrogen) atoms. The summed E-state index contributed by atoms with van der Waals surface area (Å²) in [6, 6.07) is 18.9. The van der Waals surface area contributed by atoms with Crippen molar-refractivity contribution in [3.63, 3.8) is 0 Å². The molecular weight excluding hydrogens is 722 g/mol. The van der Waals surface area contributed by atoms with E-state index in [0.717, 1.165) is 0 Å². The average molecular weight is 753 g/mol. The number of hydrogen-bond acceptors (Lipinski definition) is 12. The molecule has 0 unspecified atom stereocenters. The first kappa shape index (κ1) is 44.2. The maximum Gasteiger partial charge on any atom is 1.00 e. The van der Waals surface area contributed by atoms with Crippen molar-refractivity contribution in [3.05, 3.63) is 102 Å². The van der Waals surface area contributed by atoms with Crippen molar-refractivity contribution in [1.82, 2.24) is 14.1 Å². The minimum atomic E-state index is -0.498. The number of nitrogen functional groups attached to an aromatic ring is 2. The number of amides is 1. The van der Waals surface area contributed by atoms with Crippen molar-refractivity contribution < 1.29 is 81.5 Å². The van der Waals surface area contributed by atoms with Crippen molar-refractivity contribution in [1.29, 1.82) is 15.8 Å². The number of carbonyl (C=O) groups is 1. The van der Waals surface area contributed by atoms with Crippen molar-refractivity contribution in [2.24, 2.45) is 0 Å². The first-order chi connectivity index (χ1) is 24.7. The Morgan fingerprint density at radius 3 is 1.59 bits per heavy atom. The van der Waals surface area contributed by atoms with Crippen LogP contribution in [0.15, 0.2) is 54.6 Å². The standard InChI is InChI=1S/C13H12N4O3.C11H10N4O2.C9H6N4O2.2Na.2H/c1-3-16-12-6-9(17(19)20)4-5-10(12)11(7-14)13(16)15-8(2)18;1-2-14-10-5-7(15(16)17)3-4-8(10)9(6-12)11(14)13;10-4-7-6-2-1-5(13(14)15)3-8(6)12-9(7)11;;;;/h4-6H,3H2,1-2H3,(H,15,18);3-5H,2,13H2,1H3;1-3,12H,11H2;;;;/q;;;2*+1;2*-1. The van der Waals surface area contributed by atoms with Gasteiger partial charge >= 0.3 is 59.1 Å². The molecular formula is C33H30N12Na2O7.